The first-order valence-electron chi connectivity index (χ1n) is 7.22. The molecule has 0 unspecified atom stereocenters. The third-order valence-corrected chi connectivity index (χ3v) is 3.90. The lowest BCUT2D eigenvalue weighted by Crippen LogP contribution is -2.08. The van der Waals surface area contributed by atoms with E-state index in [2.05, 4.69) is 16.5 Å². The summed E-state index contributed by atoms with van der Waals surface area (Å²) in [5.74, 6) is -0.00788. The first kappa shape index (κ1) is 15.8. The minimum Gasteiger partial charge on any atom is -0.384 e. The van der Waals surface area contributed by atoms with Crippen molar-refractivity contribution < 1.29 is 4.79 Å². The van der Waals surface area contributed by atoms with Gasteiger partial charge < -0.3 is 5.32 Å². The number of anilines is 1. The van der Waals surface area contributed by atoms with Gasteiger partial charge in [-0.3, -0.25) is 9.48 Å². The smallest absolute Gasteiger partial charge is 0.159 e. The fraction of sp³-hybridized carbons (Fsp3) is 0.353. The van der Waals surface area contributed by atoms with Crippen molar-refractivity contribution in [1.29, 1.82) is 5.26 Å². The molecule has 2 aromatic rings. The fourth-order valence-electron chi connectivity index (χ4n) is 2.51. The van der Waals surface area contributed by atoms with Gasteiger partial charge in [-0.25, -0.2) is 0 Å². The second-order valence-electron chi connectivity index (χ2n) is 5.38. The van der Waals surface area contributed by atoms with Crippen LogP contribution in [0.5, 0.6) is 0 Å². The van der Waals surface area contributed by atoms with Gasteiger partial charge in [0.1, 0.15) is 6.07 Å². The molecule has 0 saturated heterocycles. The molecule has 0 radical (unpaired) electrons. The van der Waals surface area contributed by atoms with Gasteiger partial charge in [0.15, 0.2) is 5.78 Å². The number of hydrogen-bond donors (Lipinski definition) is 1. The Bertz CT molecular complexity index is 753. The van der Waals surface area contributed by atoms with Crippen molar-refractivity contribution in [2.75, 3.05) is 11.9 Å². The van der Waals surface area contributed by atoms with Gasteiger partial charge in [0.05, 0.1) is 16.9 Å². The van der Waals surface area contributed by atoms with E-state index in [9.17, 15) is 4.79 Å². The van der Waals surface area contributed by atoms with Gasteiger partial charge in [0.2, 0.25) is 0 Å². The monoisotopic (exact) mass is 296 g/mol. The van der Waals surface area contributed by atoms with Crippen LogP contribution < -0.4 is 5.32 Å². The Hall–Kier alpha value is -2.61. The molecule has 0 fully saturated rings. The summed E-state index contributed by atoms with van der Waals surface area (Å²) in [5, 5.41) is 16.8. The minimum atomic E-state index is -0.00788. The number of ketones is 1. The number of carbonyl (C=O) groups excluding carboxylic acids is 1. The van der Waals surface area contributed by atoms with E-state index in [-0.39, 0.29) is 5.78 Å². The zero-order valence-corrected chi connectivity index (χ0v) is 13.4. The zero-order chi connectivity index (χ0) is 16.3. The first-order valence-corrected chi connectivity index (χ1v) is 7.22. The number of benzene rings is 1. The summed E-state index contributed by atoms with van der Waals surface area (Å²) in [4.78, 5) is 11.5. The normalized spacial score (nSPS) is 10.3. The molecule has 114 valence electrons. The summed E-state index contributed by atoms with van der Waals surface area (Å²) < 4.78 is 1.88. The fourth-order valence-corrected chi connectivity index (χ4v) is 2.51. The van der Waals surface area contributed by atoms with E-state index in [0.29, 0.717) is 23.4 Å². The van der Waals surface area contributed by atoms with Crippen molar-refractivity contribution in [3.05, 3.63) is 46.3 Å². The van der Waals surface area contributed by atoms with Crippen molar-refractivity contribution in [1.82, 2.24) is 9.78 Å². The van der Waals surface area contributed by atoms with Crippen molar-refractivity contribution >= 4 is 11.5 Å². The molecule has 1 N–H and O–H groups in total. The highest BCUT2D eigenvalue weighted by atomic mass is 16.1. The summed E-state index contributed by atoms with van der Waals surface area (Å²) in [7, 11) is 1.93. The summed E-state index contributed by atoms with van der Waals surface area (Å²) in [6.45, 7) is 6.25. The van der Waals surface area contributed by atoms with Crippen LogP contribution in [-0.2, 0) is 13.5 Å². The molecule has 0 amide bonds. The van der Waals surface area contributed by atoms with Crippen LogP contribution in [-0.4, -0.2) is 22.1 Å². The Labute approximate surface area is 130 Å². The topological polar surface area (TPSA) is 70.7 Å². The van der Waals surface area contributed by atoms with E-state index >= 15 is 0 Å². The predicted octanol–water partition coefficient (Wildman–Crippen LogP) is 2.77. The molecule has 0 aliphatic rings. The molecule has 0 saturated carbocycles. The molecule has 1 aromatic heterocycles. The first-order chi connectivity index (χ1) is 10.4. The van der Waals surface area contributed by atoms with Crippen molar-refractivity contribution in [3.63, 3.8) is 0 Å². The Morgan fingerprint density at radius 1 is 1.41 bits per heavy atom. The number of aryl methyl sites for hydroxylation is 2. The molecule has 2 rings (SSSR count). The van der Waals surface area contributed by atoms with E-state index in [0.717, 1.165) is 17.8 Å². The van der Waals surface area contributed by atoms with Crippen LogP contribution in [0.4, 0.5) is 5.69 Å². The van der Waals surface area contributed by atoms with Crippen molar-refractivity contribution in [2.24, 2.45) is 7.05 Å². The van der Waals surface area contributed by atoms with Crippen LogP contribution in [0.1, 0.15) is 39.8 Å². The lowest BCUT2D eigenvalue weighted by atomic mass is 10.1. The zero-order valence-electron chi connectivity index (χ0n) is 13.4. The maximum Gasteiger partial charge on any atom is 0.159 e. The third-order valence-electron chi connectivity index (χ3n) is 3.90. The standard InChI is InChI=1S/C17H20N4O/c1-11-16(12(2)21(4)20-11)7-8-19-17-9-14(13(3)22)5-6-15(17)10-18/h5-6,9,19H,7-8H2,1-4H3. The maximum atomic E-state index is 11.5. The van der Waals surface area contributed by atoms with Gasteiger partial charge in [-0.2, -0.15) is 10.4 Å². The van der Waals surface area contributed by atoms with Gasteiger partial charge in [0, 0.05) is 24.8 Å². The second kappa shape index (κ2) is 6.44. The van der Waals surface area contributed by atoms with Crippen LogP contribution >= 0.6 is 0 Å². The molecule has 5 nitrogen and oxygen atoms in total. The molecular formula is C17H20N4O. The summed E-state index contributed by atoms with van der Waals surface area (Å²) in [6.07, 6.45) is 0.820. The van der Waals surface area contributed by atoms with E-state index in [1.54, 1.807) is 18.2 Å². The van der Waals surface area contributed by atoms with Crippen LogP contribution in [0, 0.1) is 25.2 Å². The number of nitrogens with zero attached hydrogens (tertiary/aromatic N) is 3. The minimum absolute atomic E-state index is 0.00788. The Morgan fingerprint density at radius 3 is 2.68 bits per heavy atom. The van der Waals surface area contributed by atoms with Crippen LogP contribution in [0.25, 0.3) is 0 Å². The molecule has 0 aliphatic heterocycles. The van der Waals surface area contributed by atoms with Gasteiger partial charge >= 0.3 is 0 Å². The molecule has 0 aliphatic carbocycles. The number of hydrogen-bond acceptors (Lipinski definition) is 4. The molecular weight excluding hydrogens is 276 g/mol. The number of nitriles is 1. The molecule has 5 heteroatoms. The quantitative estimate of drug-likeness (QED) is 0.861. The second-order valence-corrected chi connectivity index (χ2v) is 5.38. The average Bonchev–Trinajstić information content (AvgIpc) is 2.73. The van der Waals surface area contributed by atoms with E-state index in [1.165, 1.54) is 12.5 Å². The molecule has 0 atom stereocenters. The molecule has 0 bridgehead atoms. The highest BCUT2D eigenvalue weighted by Gasteiger charge is 2.10. The van der Waals surface area contributed by atoms with E-state index in [4.69, 9.17) is 5.26 Å². The average molecular weight is 296 g/mol. The van der Waals surface area contributed by atoms with Crippen molar-refractivity contribution in [2.45, 2.75) is 27.2 Å². The largest absolute Gasteiger partial charge is 0.384 e. The van der Waals surface area contributed by atoms with Crippen LogP contribution in [0.15, 0.2) is 18.2 Å². The number of rotatable bonds is 5. The van der Waals surface area contributed by atoms with Crippen LogP contribution in [0.2, 0.25) is 0 Å². The number of carbonyl (C=O) groups is 1. The maximum absolute atomic E-state index is 11.5. The highest BCUT2D eigenvalue weighted by Crippen LogP contribution is 2.18. The number of Topliss-reactive ketones (excluding diaryl/α,β-unsaturated/α-hetero) is 1. The Kier molecular flexibility index (Phi) is 4.62. The molecule has 1 aromatic carbocycles. The summed E-state index contributed by atoms with van der Waals surface area (Å²) >= 11 is 0. The highest BCUT2D eigenvalue weighted by molar-refractivity contribution is 5.95. The Morgan fingerprint density at radius 2 is 2.14 bits per heavy atom. The molecule has 22 heavy (non-hydrogen) atoms. The number of aromatic nitrogens is 2. The van der Waals surface area contributed by atoms with E-state index in [1.807, 2.05) is 25.6 Å². The third kappa shape index (κ3) is 3.17. The van der Waals surface area contributed by atoms with Gasteiger partial charge in [-0.15, -0.1) is 0 Å². The van der Waals surface area contributed by atoms with Crippen LogP contribution in [0.3, 0.4) is 0 Å². The van der Waals surface area contributed by atoms with Gasteiger partial charge in [0.25, 0.3) is 0 Å². The predicted molar refractivity (Wildman–Crippen MR) is 86.0 cm³/mol. The van der Waals surface area contributed by atoms with Crippen molar-refractivity contribution in [3.8, 4) is 6.07 Å². The van der Waals surface area contributed by atoms with Gasteiger partial charge in [-0.1, -0.05) is 0 Å². The van der Waals surface area contributed by atoms with E-state index < -0.39 is 0 Å². The summed E-state index contributed by atoms with van der Waals surface area (Å²) in [5.41, 5.74) is 5.25. The molecule has 0 spiro atoms. The number of nitrogens with one attached hydrogen (secondary N) is 1. The molecule has 1 heterocycles. The lowest BCUT2D eigenvalue weighted by Gasteiger charge is -2.10. The lowest BCUT2D eigenvalue weighted by molar-refractivity contribution is 0.101. The SMILES string of the molecule is CC(=O)c1ccc(C#N)c(NCCc2c(C)nn(C)c2C)c1. The van der Waals surface area contributed by atoms with Gasteiger partial charge in [-0.05, 0) is 51.0 Å². The Balaban J connectivity index is 2.13. The summed E-state index contributed by atoms with van der Waals surface area (Å²) in [6, 6.07) is 7.25.